The van der Waals surface area contributed by atoms with Crippen LogP contribution in [0.4, 0.5) is 0 Å². The standard InChI is InChI=1S/C15H17NO2/c16-12-14(13-5-2-1-3-6-13)7-4-8-15(11-14)17-9-10-18-15/h1-3,5-6H,4,7-11H2/t14-/m0/s1. The van der Waals surface area contributed by atoms with Crippen LogP contribution in [0.1, 0.15) is 31.2 Å². The van der Waals surface area contributed by atoms with Crippen LogP contribution in [0.15, 0.2) is 30.3 Å². The topological polar surface area (TPSA) is 42.2 Å². The molecule has 1 heterocycles. The van der Waals surface area contributed by atoms with E-state index < -0.39 is 11.2 Å². The molecule has 3 nitrogen and oxygen atoms in total. The van der Waals surface area contributed by atoms with Crippen LogP contribution in [0, 0.1) is 11.3 Å². The van der Waals surface area contributed by atoms with Gasteiger partial charge in [-0.3, -0.25) is 0 Å². The van der Waals surface area contributed by atoms with E-state index in [2.05, 4.69) is 6.07 Å². The summed E-state index contributed by atoms with van der Waals surface area (Å²) in [6.07, 6.45) is 3.42. The maximum Gasteiger partial charge on any atom is 0.170 e. The summed E-state index contributed by atoms with van der Waals surface area (Å²) in [7, 11) is 0. The van der Waals surface area contributed by atoms with E-state index in [1.54, 1.807) is 0 Å². The molecule has 0 N–H and O–H groups in total. The van der Waals surface area contributed by atoms with Crippen molar-refractivity contribution >= 4 is 0 Å². The van der Waals surface area contributed by atoms with Crippen molar-refractivity contribution in [3.8, 4) is 6.07 Å². The van der Waals surface area contributed by atoms with E-state index in [1.807, 2.05) is 30.3 Å². The van der Waals surface area contributed by atoms with Crippen molar-refractivity contribution in [3.05, 3.63) is 35.9 Å². The summed E-state index contributed by atoms with van der Waals surface area (Å²) >= 11 is 0. The van der Waals surface area contributed by atoms with Crippen LogP contribution in [0.2, 0.25) is 0 Å². The molecule has 1 aliphatic carbocycles. The molecule has 1 atom stereocenters. The Hall–Kier alpha value is -1.37. The predicted molar refractivity (Wildman–Crippen MR) is 66.8 cm³/mol. The Kier molecular flexibility index (Phi) is 2.85. The van der Waals surface area contributed by atoms with Crippen molar-refractivity contribution in [1.29, 1.82) is 5.26 Å². The molecule has 0 bridgehead atoms. The van der Waals surface area contributed by atoms with Gasteiger partial charge in [0.2, 0.25) is 0 Å². The van der Waals surface area contributed by atoms with Crippen LogP contribution >= 0.6 is 0 Å². The molecule has 2 aliphatic rings. The number of hydrogen-bond donors (Lipinski definition) is 0. The van der Waals surface area contributed by atoms with E-state index in [0.29, 0.717) is 19.6 Å². The highest BCUT2D eigenvalue weighted by Gasteiger charge is 2.49. The van der Waals surface area contributed by atoms with Gasteiger partial charge in [0, 0.05) is 12.8 Å². The highest BCUT2D eigenvalue weighted by Crippen LogP contribution is 2.46. The van der Waals surface area contributed by atoms with E-state index in [0.717, 1.165) is 24.8 Å². The number of rotatable bonds is 1. The smallest absolute Gasteiger partial charge is 0.170 e. The Bertz CT molecular complexity index is 459. The van der Waals surface area contributed by atoms with E-state index in [4.69, 9.17) is 9.47 Å². The summed E-state index contributed by atoms with van der Waals surface area (Å²) in [6.45, 7) is 1.30. The SMILES string of the molecule is N#C[C@]1(c2ccccc2)CCCC2(C1)OCCO2. The maximum atomic E-state index is 9.68. The zero-order valence-corrected chi connectivity index (χ0v) is 10.4. The fraction of sp³-hybridized carbons (Fsp3) is 0.533. The average molecular weight is 243 g/mol. The third-order valence-corrected chi connectivity index (χ3v) is 4.09. The molecule has 18 heavy (non-hydrogen) atoms. The Balaban J connectivity index is 1.95. The second-order valence-electron chi connectivity index (χ2n) is 5.20. The second kappa shape index (κ2) is 4.38. The summed E-state index contributed by atoms with van der Waals surface area (Å²) in [5, 5.41) is 9.68. The molecule has 1 saturated carbocycles. The van der Waals surface area contributed by atoms with Gasteiger partial charge in [-0.15, -0.1) is 0 Å². The number of hydrogen-bond acceptors (Lipinski definition) is 3. The molecule has 1 aliphatic heterocycles. The third-order valence-electron chi connectivity index (χ3n) is 4.09. The monoisotopic (exact) mass is 243 g/mol. The van der Waals surface area contributed by atoms with Gasteiger partial charge in [0.25, 0.3) is 0 Å². The summed E-state index contributed by atoms with van der Waals surface area (Å²) in [6, 6.07) is 12.6. The zero-order valence-electron chi connectivity index (χ0n) is 10.4. The molecular weight excluding hydrogens is 226 g/mol. The van der Waals surface area contributed by atoms with E-state index in [-0.39, 0.29) is 0 Å². The van der Waals surface area contributed by atoms with E-state index >= 15 is 0 Å². The summed E-state index contributed by atoms with van der Waals surface area (Å²) in [5.41, 5.74) is 0.634. The zero-order chi connectivity index (χ0) is 12.5. The molecule has 0 radical (unpaired) electrons. The number of nitriles is 1. The Morgan fingerprint density at radius 2 is 1.78 bits per heavy atom. The minimum Gasteiger partial charge on any atom is -0.347 e. The lowest BCUT2D eigenvalue weighted by Crippen LogP contribution is -2.44. The largest absolute Gasteiger partial charge is 0.347 e. The third kappa shape index (κ3) is 1.82. The molecule has 1 spiro atoms. The molecular formula is C15H17NO2. The van der Waals surface area contributed by atoms with Gasteiger partial charge in [0.1, 0.15) is 0 Å². The molecule has 3 rings (SSSR count). The summed E-state index contributed by atoms with van der Waals surface area (Å²) in [4.78, 5) is 0. The first-order valence-electron chi connectivity index (χ1n) is 6.53. The van der Waals surface area contributed by atoms with Gasteiger partial charge >= 0.3 is 0 Å². The Labute approximate surface area is 107 Å². The van der Waals surface area contributed by atoms with Crippen molar-refractivity contribution < 1.29 is 9.47 Å². The number of nitrogens with zero attached hydrogens (tertiary/aromatic N) is 1. The first kappa shape index (κ1) is 11.7. The maximum absolute atomic E-state index is 9.68. The lowest BCUT2D eigenvalue weighted by Gasteiger charge is -2.41. The molecule has 0 aromatic heterocycles. The molecule has 0 unspecified atom stereocenters. The molecule has 1 saturated heterocycles. The summed E-state index contributed by atoms with van der Waals surface area (Å²) in [5.74, 6) is -0.510. The van der Waals surface area contributed by atoms with Gasteiger partial charge in [-0.2, -0.15) is 5.26 Å². The van der Waals surface area contributed by atoms with Gasteiger partial charge < -0.3 is 9.47 Å². The van der Waals surface area contributed by atoms with Crippen molar-refractivity contribution in [2.24, 2.45) is 0 Å². The number of ether oxygens (including phenoxy) is 2. The van der Waals surface area contributed by atoms with Gasteiger partial charge in [-0.05, 0) is 18.4 Å². The van der Waals surface area contributed by atoms with Gasteiger partial charge in [0.15, 0.2) is 5.79 Å². The minimum absolute atomic E-state index is 0.455. The average Bonchev–Trinajstić information content (AvgIpc) is 2.87. The first-order chi connectivity index (χ1) is 8.79. The van der Waals surface area contributed by atoms with Crippen molar-refractivity contribution in [1.82, 2.24) is 0 Å². The highest BCUT2D eigenvalue weighted by molar-refractivity contribution is 5.33. The van der Waals surface area contributed by atoms with Crippen molar-refractivity contribution in [3.63, 3.8) is 0 Å². The fourth-order valence-corrected chi connectivity index (χ4v) is 3.20. The van der Waals surface area contributed by atoms with Crippen LogP contribution in [0.5, 0.6) is 0 Å². The van der Waals surface area contributed by atoms with Gasteiger partial charge in [-0.25, -0.2) is 0 Å². The lowest BCUT2D eigenvalue weighted by molar-refractivity contribution is -0.186. The van der Waals surface area contributed by atoms with Crippen molar-refractivity contribution in [2.75, 3.05) is 13.2 Å². The van der Waals surface area contributed by atoms with Crippen LogP contribution in [-0.4, -0.2) is 19.0 Å². The van der Waals surface area contributed by atoms with E-state index in [1.165, 1.54) is 0 Å². The van der Waals surface area contributed by atoms with Crippen LogP contribution < -0.4 is 0 Å². The molecule has 0 amide bonds. The quantitative estimate of drug-likeness (QED) is 0.761. The molecule has 94 valence electrons. The molecule has 3 heteroatoms. The van der Waals surface area contributed by atoms with Gasteiger partial charge in [0.05, 0.1) is 24.7 Å². The fourth-order valence-electron chi connectivity index (χ4n) is 3.20. The van der Waals surface area contributed by atoms with Crippen LogP contribution in [-0.2, 0) is 14.9 Å². The minimum atomic E-state index is -0.510. The second-order valence-corrected chi connectivity index (χ2v) is 5.20. The molecule has 2 fully saturated rings. The highest BCUT2D eigenvalue weighted by atomic mass is 16.7. The Morgan fingerprint density at radius 1 is 1.06 bits per heavy atom. The van der Waals surface area contributed by atoms with Crippen LogP contribution in [0.3, 0.4) is 0 Å². The lowest BCUT2D eigenvalue weighted by atomic mass is 9.68. The van der Waals surface area contributed by atoms with Crippen molar-refractivity contribution in [2.45, 2.75) is 36.9 Å². The van der Waals surface area contributed by atoms with E-state index in [9.17, 15) is 5.26 Å². The number of benzene rings is 1. The molecule has 1 aromatic rings. The Morgan fingerprint density at radius 3 is 2.44 bits per heavy atom. The first-order valence-corrected chi connectivity index (χ1v) is 6.53. The van der Waals surface area contributed by atoms with Gasteiger partial charge in [-0.1, -0.05) is 30.3 Å². The summed E-state index contributed by atoms with van der Waals surface area (Å²) < 4.78 is 11.6. The van der Waals surface area contributed by atoms with Crippen LogP contribution in [0.25, 0.3) is 0 Å². The normalized spacial score (nSPS) is 30.2. The predicted octanol–water partition coefficient (Wildman–Crippen LogP) is 2.77. The molecule has 1 aromatic carbocycles.